The van der Waals surface area contributed by atoms with Gasteiger partial charge in [0.15, 0.2) is 11.2 Å². The molecule has 0 fully saturated rings. The van der Waals surface area contributed by atoms with Gasteiger partial charge in [0, 0.05) is 6.26 Å². The molecule has 0 aliphatic heterocycles. The summed E-state index contributed by atoms with van der Waals surface area (Å²) in [7, 11) is 0. The molecule has 0 aliphatic carbocycles. The molecule has 0 radical (unpaired) electrons. The van der Waals surface area contributed by atoms with Crippen molar-refractivity contribution in [1.29, 1.82) is 0 Å². The number of rotatable bonds is 2. The van der Waals surface area contributed by atoms with Crippen LogP contribution < -0.4 is 10.3 Å². The number of nitrogens with one attached hydrogen (secondary N) is 3. The zero-order valence-corrected chi connectivity index (χ0v) is 7.60. The summed E-state index contributed by atoms with van der Waals surface area (Å²) in [5, 5.41) is 0. The van der Waals surface area contributed by atoms with E-state index in [2.05, 4.69) is 24.7 Å². The normalized spacial score (nSPS) is 10.5. The van der Waals surface area contributed by atoms with Gasteiger partial charge in [0.2, 0.25) is 5.95 Å². The topological polar surface area (TPSA) is 86.5 Å². The lowest BCUT2D eigenvalue weighted by Gasteiger charge is -1.98. The van der Waals surface area contributed by atoms with Crippen molar-refractivity contribution in [2.45, 2.75) is 0 Å². The average Bonchev–Trinajstić information content (AvgIpc) is 2.53. The SMILES string of the molecule is CSNc1nc2nc[nH]c2c(=O)[nH]1. The van der Waals surface area contributed by atoms with E-state index in [1.807, 2.05) is 6.26 Å². The molecule has 68 valence electrons. The van der Waals surface area contributed by atoms with Gasteiger partial charge in [0.25, 0.3) is 5.56 Å². The Kier molecular flexibility index (Phi) is 1.93. The first-order valence-corrected chi connectivity index (χ1v) is 4.76. The zero-order chi connectivity index (χ0) is 9.26. The van der Waals surface area contributed by atoms with Gasteiger partial charge in [0.1, 0.15) is 0 Å². The molecule has 0 saturated carbocycles. The molecule has 3 N–H and O–H groups in total. The Hall–Kier alpha value is -1.50. The minimum Gasteiger partial charge on any atom is -0.339 e. The quantitative estimate of drug-likeness (QED) is 0.604. The Labute approximate surface area is 77.3 Å². The summed E-state index contributed by atoms with van der Waals surface area (Å²) in [6.07, 6.45) is 3.28. The number of anilines is 1. The van der Waals surface area contributed by atoms with E-state index < -0.39 is 0 Å². The number of nitrogens with zero attached hydrogens (tertiary/aromatic N) is 2. The van der Waals surface area contributed by atoms with Gasteiger partial charge in [0.05, 0.1) is 6.33 Å². The molecule has 2 heterocycles. The maximum atomic E-state index is 11.3. The monoisotopic (exact) mass is 197 g/mol. The Balaban J connectivity index is 2.63. The molecule has 2 aromatic heterocycles. The second kappa shape index (κ2) is 3.09. The van der Waals surface area contributed by atoms with Gasteiger partial charge in [-0.15, -0.1) is 0 Å². The molecule has 0 aliphatic rings. The largest absolute Gasteiger partial charge is 0.339 e. The van der Waals surface area contributed by atoms with E-state index >= 15 is 0 Å². The van der Waals surface area contributed by atoms with Crippen LogP contribution in [0.15, 0.2) is 11.1 Å². The molecule has 0 amide bonds. The van der Waals surface area contributed by atoms with E-state index in [0.29, 0.717) is 17.1 Å². The van der Waals surface area contributed by atoms with Gasteiger partial charge < -0.3 is 4.98 Å². The van der Waals surface area contributed by atoms with Gasteiger partial charge >= 0.3 is 0 Å². The van der Waals surface area contributed by atoms with E-state index in [1.165, 1.54) is 18.3 Å². The molecule has 0 bridgehead atoms. The second-order valence-corrected chi connectivity index (χ2v) is 2.93. The number of imidazole rings is 1. The van der Waals surface area contributed by atoms with Crippen LogP contribution in [-0.2, 0) is 0 Å². The van der Waals surface area contributed by atoms with Gasteiger partial charge in [-0.25, -0.2) is 4.98 Å². The van der Waals surface area contributed by atoms with Crippen LogP contribution in [-0.4, -0.2) is 26.2 Å². The Morgan fingerprint density at radius 2 is 2.46 bits per heavy atom. The lowest BCUT2D eigenvalue weighted by atomic mass is 10.5. The number of hydrogen-bond acceptors (Lipinski definition) is 5. The summed E-state index contributed by atoms with van der Waals surface area (Å²) in [5.74, 6) is 0.414. The standard InChI is InChI=1S/C6H7N5OS/c1-13-11-6-9-4-3(5(12)10-6)7-2-8-4/h2H,1H3,(H3,7,8,9,10,11,12). The highest BCUT2D eigenvalue weighted by atomic mass is 32.2. The molecule has 0 spiro atoms. The van der Waals surface area contributed by atoms with Crippen LogP contribution in [0.2, 0.25) is 0 Å². The summed E-state index contributed by atoms with van der Waals surface area (Å²) >= 11 is 1.35. The third-order valence-electron chi connectivity index (χ3n) is 1.49. The number of aromatic amines is 2. The smallest absolute Gasteiger partial charge is 0.278 e. The zero-order valence-electron chi connectivity index (χ0n) is 6.79. The van der Waals surface area contributed by atoms with E-state index in [9.17, 15) is 4.79 Å². The first-order chi connectivity index (χ1) is 6.31. The number of hydrogen-bond donors (Lipinski definition) is 3. The molecular weight excluding hydrogens is 190 g/mol. The molecule has 2 rings (SSSR count). The van der Waals surface area contributed by atoms with E-state index in [-0.39, 0.29) is 5.56 Å². The van der Waals surface area contributed by atoms with E-state index in [0.717, 1.165) is 0 Å². The van der Waals surface area contributed by atoms with Crippen molar-refractivity contribution < 1.29 is 0 Å². The Bertz CT molecular complexity index is 475. The van der Waals surface area contributed by atoms with E-state index in [1.54, 1.807) is 0 Å². The number of H-pyrrole nitrogens is 2. The first kappa shape index (κ1) is 8.11. The fraction of sp³-hybridized carbons (Fsp3) is 0.167. The summed E-state index contributed by atoms with van der Waals surface area (Å²) in [6.45, 7) is 0. The lowest BCUT2D eigenvalue weighted by Crippen LogP contribution is -2.10. The minimum atomic E-state index is -0.223. The molecule has 0 atom stereocenters. The van der Waals surface area contributed by atoms with Crippen molar-refractivity contribution in [3.8, 4) is 0 Å². The van der Waals surface area contributed by atoms with Crippen LogP contribution in [0.1, 0.15) is 0 Å². The molecule has 13 heavy (non-hydrogen) atoms. The van der Waals surface area contributed by atoms with Crippen molar-refractivity contribution >= 4 is 29.1 Å². The molecule has 0 saturated heterocycles. The highest BCUT2D eigenvalue weighted by Gasteiger charge is 2.03. The van der Waals surface area contributed by atoms with Crippen molar-refractivity contribution in [1.82, 2.24) is 19.9 Å². The highest BCUT2D eigenvalue weighted by molar-refractivity contribution is 7.99. The predicted molar refractivity (Wildman–Crippen MR) is 51.6 cm³/mol. The van der Waals surface area contributed by atoms with Crippen LogP contribution in [0.5, 0.6) is 0 Å². The highest BCUT2D eigenvalue weighted by Crippen LogP contribution is 2.05. The van der Waals surface area contributed by atoms with Gasteiger partial charge in [-0.3, -0.25) is 14.5 Å². The third-order valence-corrected chi connectivity index (χ3v) is 1.89. The fourth-order valence-electron chi connectivity index (χ4n) is 0.988. The minimum absolute atomic E-state index is 0.223. The predicted octanol–water partition coefficient (Wildman–Crippen LogP) is 0.336. The van der Waals surface area contributed by atoms with Gasteiger partial charge in [-0.05, 0) is 0 Å². The van der Waals surface area contributed by atoms with E-state index in [4.69, 9.17) is 0 Å². The van der Waals surface area contributed by atoms with Crippen LogP contribution in [0.25, 0.3) is 11.2 Å². The maximum Gasteiger partial charge on any atom is 0.278 e. The lowest BCUT2D eigenvalue weighted by molar-refractivity contribution is 1.17. The molecule has 0 aromatic carbocycles. The maximum absolute atomic E-state index is 11.3. The van der Waals surface area contributed by atoms with Gasteiger partial charge in [-0.1, -0.05) is 11.9 Å². The summed E-state index contributed by atoms with van der Waals surface area (Å²) in [4.78, 5) is 24.5. The molecule has 6 nitrogen and oxygen atoms in total. The summed E-state index contributed by atoms with van der Waals surface area (Å²) in [5.41, 5.74) is 0.589. The number of fused-ring (bicyclic) bond motifs is 1. The van der Waals surface area contributed by atoms with Crippen LogP contribution in [0.3, 0.4) is 0 Å². The average molecular weight is 197 g/mol. The summed E-state index contributed by atoms with van der Waals surface area (Å²) < 4.78 is 2.83. The van der Waals surface area contributed by atoms with Crippen LogP contribution in [0, 0.1) is 0 Å². The molecular formula is C6H7N5OS. The van der Waals surface area contributed by atoms with Gasteiger partial charge in [-0.2, -0.15) is 4.98 Å². The second-order valence-electron chi connectivity index (χ2n) is 2.32. The van der Waals surface area contributed by atoms with Crippen molar-refractivity contribution in [3.05, 3.63) is 16.7 Å². The van der Waals surface area contributed by atoms with Crippen molar-refractivity contribution in [2.75, 3.05) is 11.0 Å². The Morgan fingerprint density at radius 1 is 1.62 bits per heavy atom. The molecule has 2 aromatic rings. The Morgan fingerprint density at radius 3 is 3.23 bits per heavy atom. The van der Waals surface area contributed by atoms with Crippen molar-refractivity contribution in [2.24, 2.45) is 0 Å². The fourth-order valence-corrected chi connectivity index (χ4v) is 1.28. The van der Waals surface area contributed by atoms with Crippen molar-refractivity contribution in [3.63, 3.8) is 0 Å². The molecule has 0 unspecified atom stereocenters. The molecule has 7 heteroatoms. The summed E-state index contributed by atoms with van der Waals surface area (Å²) in [6, 6.07) is 0. The third kappa shape index (κ3) is 1.37. The van der Waals surface area contributed by atoms with Crippen LogP contribution in [0.4, 0.5) is 5.95 Å². The first-order valence-electron chi connectivity index (χ1n) is 3.53. The number of aromatic nitrogens is 4. The van der Waals surface area contributed by atoms with Crippen LogP contribution >= 0.6 is 11.9 Å².